The van der Waals surface area contributed by atoms with E-state index in [1.807, 2.05) is 39.8 Å². The zero-order valence-corrected chi connectivity index (χ0v) is 27.0. The Morgan fingerprint density at radius 2 is 0.925 bits per heavy atom. The Hall–Kier alpha value is -2.70. The van der Waals surface area contributed by atoms with Gasteiger partial charge in [0.05, 0.1) is 0 Å². The fourth-order valence-corrected chi connectivity index (χ4v) is 6.84. The lowest BCUT2D eigenvalue weighted by Gasteiger charge is -2.24. The molecule has 0 heterocycles. The molecule has 3 rings (SSSR count). The van der Waals surface area contributed by atoms with Crippen LogP contribution in [0.5, 0.6) is 11.5 Å². The summed E-state index contributed by atoms with van der Waals surface area (Å²) in [7, 11) is 0. The van der Waals surface area contributed by atoms with Gasteiger partial charge in [0.2, 0.25) is 10.2 Å². The first-order chi connectivity index (χ1) is 18.4. The van der Waals surface area contributed by atoms with Crippen LogP contribution >= 0.6 is 23.5 Å². The van der Waals surface area contributed by atoms with E-state index >= 15 is 0 Å². The molecule has 0 aliphatic heterocycles. The highest BCUT2D eigenvalue weighted by Gasteiger charge is 2.24. The molecule has 2 N–H and O–H groups in total. The number of carbonyl (C=O) groups excluding carboxylic acids is 2. The van der Waals surface area contributed by atoms with Gasteiger partial charge in [0.25, 0.3) is 0 Å². The lowest BCUT2D eigenvalue weighted by Crippen LogP contribution is -2.13. The minimum Gasteiger partial charge on any atom is -0.507 e. The highest BCUT2D eigenvalue weighted by molar-refractivity contribution is 8.13. The fourth-order valence-electron chi connectivity index (χ4n) is 4.80. The predicted molar refractivity (Wildman–Crippen MR) is 170 cm³/mol. The van der Waals surface area contributed by atoms with E-state index in [2.05, 4.69) is 41.5 Å². The molecule has 0 aromatic heterocycles. The van der Waals surface area contributed by atoms with Gasteiger partial charge in [-0.05, 0) is 107 Å². The Balaban J connectivity index is 1.67. The summed E-state index contributed by atoms with van der Waals surface area (Å²) < 4.78 is 0. The Bertz CT molecular complexity index is 1330. The lowest BCUT2D eigenvalue weighted by molar-refractivity contribution is 0.107. The molecule has 0 radical (unpaired) electrons. The second-order valence-corrected chi connectivity index (χ2v) is 14.5. The molecule has 4 nitrogen and oxygen atoms in total. The number of aryl methyl sites for hydroxylation is 2. The maximum Gasteiger partial charge on any atom is 0.219 e. The summed E-state index contributed by atoms with van der Waals surface area (Å²) in [5.74, 6) is 1.52. The van der Waals surface area contributed by atoms with Crippen molar-refractivity contribution < 1.29 is 19.8 Å². The standard InChI is InChI=1S/C34H42O4S2/c1-19-15-27(33(5,6)7)29(35)21(3)25(19)17-39-31(37)23-11-13-24(14-12-23)32(38)40-18-26-20(2)16-28(34(8,9)10)30(36)22(26)4/h11-16,35-36H,17-18H2,1-10H3. The number of phenols is 2. The third-order valence-electron chi connectivity index (χ3n) is 7.47. The summed E-state index contributed by atoms with van der Waals surface area (Å²) in [5, 5.41) is 21.4. The van der Waals surface area contributed by atoms with Gasteiger partial charge in [-0.3, -0.25) is 9.59 Å². The number of thioether (sulfide) groups is 2. The molecule has 0 saturated heterocycles. The van der Waals surface area contributed by atoms with Gasteiger partial charge in [-0.25, -0.2) is 0 Å². The van der Waals surface area contributed by atoms with Crippen LogP contribution in [0.25, 0.3) is 0 Å². The first-order valence-corrected chi connectivity index (χ1v) is 15.5. The molecule has 0 bridgehead atoms. The highest BCUT2D eigenvalue weighted by Crippen LogP contribution is 2.39. The minimum absolute atomic E-state index is 0.0782. The number of phenolic OH excluding ortho intramolecular Hbond substituents is 2. The number of hydrogen-bond acceptors (Lipinski definition) is 6. The van der Waals surface area contributed by atoms with Crippen molar-refractivity contribution in [1.82, 2.24) is 0 Å². The van der Waals surface area contributed by atoms with Gasteiger partial charge >= 0.3 is 0 Å². The van der Waals surface area contributed by atoms with Crippen LogP contribution < -0.4 is 0 Å². The smallest absolute Gasteiger partial charge is 0.219 e. The van der Waals surface area contributed by atoms with Crippen LogP contribution in [0.1, 0.15) is 107 Å². The summed E-state index contributed by atoms with van der Waals surface area (Å²) >= 11 is 2.40. The summed E-state index contributed by atoms with van der Waals surface area (Å²) in [6, 6.07) is 10.8. The van der Waals surface area contributed by atoms with Crippen molar-refractivity contribution in [2.75, 3.05) is 0 Å². The number of rotatable bonds is 6. The van der Waals surface area contributed by atoms with Gasteiger partial charge in [0.1, 0.15) is 11.5 Å². The van der Waals surface area contributed by atoms with Crippen molar-refractivity contribution in [3.05, 3.63) is 92.0 Å². The molecule has 0 atom stereocenters. The number of benzene rings is 3. The van der Waals surface area contributed by atoms with Crippen LogP contribution in [0.2, 0.25) is 0 Å². The monoisotopic (exact) mass is 578 g/mol. The van der Waals surface area contributed by atoms with E-state index < -0.39 is 0 Å². The summed E-state index contributed by atoms with van der Waals surface area (Å²) in [4.78, 5) is 25.9. The van der Waals surface area contributed by atoms with Crippen molar-refractivity contribution >= 4 is 33.8 Å². The number of carbonyl (C=O) groups is 2. The van der Waals surface area contributed by atoms with Gasteiger partial charge in [-0.1, -0.05) is 77.2 Å². The molecule has 0 saturated carbocycles. The SMILES string of the molecule is Cc1cc(C(C)(C)C)c(O)c(C)c1CSC(=O)c1ccc(C(=O)SCc2c(C)cc(C(C)(C)C)c(O)c2C)cc1. The lowest BCUT2D eigenvalue weighted by atomic mass is 9.83. The highest BCUT2D eigenvalue weighted by atomic mass is 32.2. The third kappa shape index (κ3) is 6.95. The van der Waals surface area contributed by atoms with Crippen molar-refractivity contribution in [3.63, 3.8) is 0 Å². The zero-order chi connectivity index (χ0) is 30.2. The van der Waals surface area contributed by atoms with Crippen molar-refractivity contribution in [2.45, 2.75) is 91.6 Å². The quantitative estimate of drug-likeness (QED) is 0.304. The molecule has 3 aromatic rings. The number of aromatic hydroxyl groups is 2. The number of hydrogen-bond donors (Lipinski definition) is 2. The normalized spacial score (nSPS) is 12.1. The molecular formula is C34H42O4S2. The minimum atomic E-state index is -0.172. The van der Waals surface area contributed by atoms with Gasteiger partial charge in [0.15, 0.2) is 0 Å². The molecule has 0 spiro atoms. The van der Waals surface area contributed by atoms with E-state index in [-0.39, 0.29) is 21.1 Å². The molecular weight excluding hydrogens is 537 g/mol. The van der Waals surface area contributed by atoms with Gasteiger partial charge in [-0.2, -0.15) is 0 Å². The Morgan fingerprint density at radius 3 is 1.20 bits per heavy atom. The van der Waals surface area contributed by atoms with E-state index in [1.165, 1.54) is 23.5 Å². The van der Waals surface area contributed by atoms with E-state index in [0.29, 0.717) is 34.1 Å². The second kappa shape index (κ2) is 12.0. The van der Waals surface area contributed by atoms with E-state index in [1.54, 1.807) is 24.3 Å². The van der Waals surface area contributed by atoms with Crippen molar-refractivity contribution in [1.29, 1.82) is 0 Å². The molecule has 0 unspecified atom stereocenters. The molecule has 6 heteroatoms. The molecule has 0 fully saturated rings. The maximum absolute atomic E-state index is 12.9. The third-order valence-corrected chi connectivity index (χ3v) is 9.33. The van der Waals surface area contributed by atoms with Crippen LogP contribution in [-0.4, -0.2) is 20.4 Å². The van der Waals surface area contributed by atoms with Gasteiger partial charge < -0.3 is 10.2 Å². The maximum atomic E-state index is 12.9. The van der Waals surface area contributed by atoms with Crippen LogP contribution in [0.3, 0.4) is 0 Å². The van der Waals surface area contributed by atoms with Crippen molar-refractivity contribution in [2.24, 2.45) is 0 Å². The molecule has 0 amide bonds. The molecule has 40 heavy (non-hydrogen) atoms. The summed E-state index contributed by atoms with van der Waals surface area (Å²) in [6.07, 6.45) is 0. The first-order valence-electron chi connectivity index (χ1n) is 13.5. The van der Waals surface area contributed by atoms with E-state index in [9.17, 15) is 19.8 Å². The summed E-state index contributed by atoms with van der Waals surface area (Å²) in [6.45, 7) is 20.3. The van der Waals surface area contributed by atoms with Crippen LogP contribution in [0.15, 0.2) is 36.4 Å². The van der Waals surface area contributed by atoms with Crippen LogP contribution in [-0.2, 0) is 22.3 Å². The Morgan fingerprint density at radius 1 is 0.625 bits per heavy atom. The first kappa shape index (κ1) is 31.8. The van der Waals surface area contributed by atoms with Crippen LogP contribution in [0.4, 0.5) is 0 Å². The van der Waals surface area contributed by atoms with Gasteiger partial charge in [-0.15, -0.1) is 0 Å². The van der Waals surface area contributed by atoms with Crippen LogP contribution in [0, 0.1) is 27.7 Å². The largest absolute Gasteiger partial charge is 0.507 e. The predicted octanol–water partition coefficient (Wildman–Crippen LogP) is 9.07. The topological polar surface area (TPSA) is 74.6 Å². The molecule has 214 valence electrons. The van der Waals surface area contributed by atoms with E-state index in [4.69, 9.17) is 0 Å². The fraction of sp³-hybridized carbons (Fsp3) is 0.412. The average molecular weight is 579 g/mol. The Labute approximate surface area is 248 Å². The molecule has 0 aliphatic carbocycles. The second-order valence-electron chi connectivity index (χ2n) is 12.6. The zero-order valence-electron chi connectivity index (χ0n) is 25.4. The summed E-state index contributed by atoms with van der Waals surface area (Å²) in [5.41, 5.74) is 8.23. The van der Waals surface area contributed by atoms with Crippen molar-refractivity contribution in [3.8, 4) is 11.5 Å². The molecule has 3 aromatic carbocycles. The van der Waals surface area contributed by atoms with Gasteiger partial charge in [0, 0.05) is 22.6 Å². The Kier molecular flexibility index (Phi) is 9.58. The molecule has 0 aliphatic rings. The average Bonchev–Trinajstić information content (AvgIpc) is 2.86. The van der Waals surface area contributed by atoms with E-state index in [0.717, 1.165) is 44.5 Å².